The Labute approximate surface area is 157 Å². The molecule has 0 spiro atoms. The summed E-state index contributed by atoms with van der Waals surface area (Å²) >= 11 is 0. The Morgan fingerprint density at radius 3 is 2.74 bits per heavy atom. The van der Waals surface area contributed by atoms with E-state index >= 15 is 0 Å². The zero-order valence-corrected chi connectivity index (χ0v) is 15.4. The molecule has 3 aromatic rings. The van der Waals surface area contributed by atoms with Crippen molar-refractivity contribution >= 4 is 5.91 Å². The summed E-state index contributed by atoms with van der Waals surface area (Å²) in [4.78, 5) is 16.5. The van der Waals surface area contributed by atoms with E-state index in [-0.39, 0.29) is 12.5 Å². The van der Waals surface area contributed by atoms with Crippen molar-refractivity contribution in [2.24, 2.45) is 0 Å². The normalized spacial score (nSPS) is 11.7. The maximum Gasteiger partial charge on any atom is 0.261 e. The number of carbonyl (C=O) groups excluding carboxylic acids is 1. The van der Waals surface area contributed by atoms with Crippen molar-refractivity contribution in [3.63, 3.8) is 0 Å². The van der Waals surface area contributed by atoms with Crippen LogP contribution in [0.25, 0.3) is 11.4 Å². The zero-order valence-electron chi connectivity index (χ0n) is 15.4. The Hall–Kier alpha value is -3.35. The lowest BCUT2D eigenvalue weighted by Crippen LogP contribution is -2.36. The van der Waals surface area contributed by atoms with E-state index in [0.717, 1.165) is 11.1 Å². The van der Waals surface area contributed by atoms with Gasteiger partial charge in [-0.05, 0) is 32.0 Å². The second-order valence-corrected chi connectivity index (χ2v) is 6.04. The molecule has 1 heterocycles. The van der Waals surface area contributed by atoms with Crippen molar-refractivity contribution in [3.05, 3.63) is 60.0 Å². The maximum absolute atomic E-state index is 12.2. The Morgan fingerprint density at radius 1 is 1.19 bits per heavy atom. The average molecular weight is 367 g/mol. The second kappa shape index (κ2) is 8.35. The molecule has 0 radical (unpaired) electrons. The van der Waals surface area contributed by atoms with Crippen molar-refractivity contribution < 1.29 is 18.8 Å². The third-order valence-electron chi connectivity index (χ3n) is 3.88. The van der Waals surface area contributed by atoms with Crippen LogP contribution in [0, 0.1) is 6.92 Å². The van der Waals surface area contributed by atoms with Gasteiger partial charge in [0, 0.05) is 11.6 Å². The van der Waals surface area contributed by atoms with Gasteiger partial charge in [0.15, 0.2) is 6.10 Å². The van der Waals surface area contributed by atoms with Crippen molar-refractivity contribution in [2.45, 2.75) is 26.5 Å². The van der Waals surface area contributed by atoms with Gasteiger partial charge in [0.2, 0.25) is 11.7 Å². The molecule has 3 rings (SSSR count). The molecule has 0 saturated heterocycles. The molecule has 1 N–H and O–H groups in total. The Balaban J connectivity index is 1.55. The van der Waals surface area contributed by atoms with E-state index in [1.807, 2.05) is 31.2 Å². The molecule has 1 amide bonds. The molecule has 140 valence electrons. The van der Waals surface area contributed by atoms with Gasteiger partial charge < -0.3 is 19.3 Å². The number of hydrogen-bond acceptors (Lipinski definition) is 6. The van der Waals surface area contributed by atoms with Gasteiger partial charge in [0.1, 0.15) is 11.5 Å². The van der Waals surface area contributed by atoms with Gasteiger partial charge >= 0.3 is 0 Å². The molecule has 1 atom stereocenters. The highest BCUT2D eigenvalue weighted by atomic mass is 16.5. The summed E-state index contributed by atoms with van der Waals surface area (Å²) in [5.74, 6) is 1.75. The van der Waals surface area contributed by atoms with Crippen LogP contribution in [-0.2, 0) is 11.3 Å². The first kappa shape index (κ1) is 18.4. The Morgan fingerprint density at radius 2 is 1.96 bits per heavy atom. The highest BCUT2D eigenvalue weighted by Crippen LogP contribution is 2.20. The number of carbonyl (C=O) groups is 1. The van der Waals surface area contributed by atoms with Gasteiger partial charge in [0.25, 0.3) is 5.91 Å². The summed E-state index contributed by atoms with van der Waals surface area (Å²) in [6.07, 6.45) is -0.684. The van der Waals surface area contributed by atoms with Gasteiger partial charge in [-0.2, -0.15) is 4.98 Å². The average Bonchev–Trinajstić information content (AvgIpc) is 3.15. The minimum Gasteiger partial charge on any atom is -0.497 e. The number of nitrogens with zero attached hydrogens (tertiary/aromatic N) is 2. The van der Waals surface area contributed by atoms with E-state index in [9.17, 15) is 4.79 Å². The number of methoxy groups -OCH3 is 1. The number of aromatic nitrogens is 2. The summed E-state index contributed by atoms with van der Waals surface area (Å²) in [7, 11) is 1.57. The first-order valence-electron chi connectivity index (χ1n) is 8.53. The monoisotopic (exact) mass is 367 g/mol. The van der Waals surface area contributed by atoms with Gasteiger partial charge in [-0.3, -0.25) is 4.79 Å². The van der Waals surface area contributed by atoms with E-state index in [1.54, 1.807) is 38.3 Å². The third-order valence-corrected chi connectivity index (χ3v) is 3.88. The first-order valence-corrected chi connectivity index (χ1v) is 8.53. The molecule has 2 aromatic carbocycles. The molecule has 7 heteroatoms. The van der Waals surface area contributed by atoms with E-state index < -0.39 is 6.10 Å². The molecular formula is C20H21N3O4. The molecule has 0 bridgehead atoms. The van der Waals surface area contributed by atoms with E-state index in [2.05, 4.69) is 15.5 Å². The standard InChI is InChI=1S/C20H21N3O4/c1-13-6-4-7-15(10-13)19-22-18(27-23-19)12-21-20(24)14(2)26-17-9-5-8-16(11-17)25-3/h4-11,14H,12H2,1-3H3,(H,21,24)/t14-/m1/s1. The van der Waals surface area contributed by atoms with Crippen LogP contribution in [0.2, 0.25) is 0 Å². The molecule has 27 heavy (non-hydrogen) atoms. The molecular weight excluding hydrogens is 346 g/mol. The molecule has 0 fully saturated rings. The molecule has 0 aliphatic heterocycles. The van der Waals surface area contributed by atoms with Crippen LogP contribution in [0.15, 0.2) is 53.1 Å². The van der Waals surface area contributed by atoms with Crippen molar-refractivity contribution in [2.75, 3.05) is 7.11 Å². The summed E-state index contributed by atoms with van der Waals surface area (Å²) in [5.41, 5.74) is 1.97. The molecule has 0 saturated carbocycles. The highest BCUT2D eigenvalue weighted by molar-refractivity contribution is 5.80. The Kier molecular flexibility index (Phi) is 5.71. The van der Waals surface area contributed by atoms with E-state index in [1.165, 1.54) is 0 Å². The first-order chi connectivity index (χ1) is 13.0. The predicted molar refractivity (Wildman–Crippen MR) is 99.4 cm³/mol. The zero-order chi connectivity index (χ0) is 19.2. The fourth-order valence-corrected chi connectivity index (χ4v) is 2.47. The lowest BCUT2D eigenvalue weighted by molar-refractivity contribution is -0.127. The molecule has 0 aliphatic rings. The number of benzene rings is 2. The van der Waals surface area contributed by atoms with Crippen LogP contribution in [0.3, 0.4) is 0 Å². The van der Waals surface area contributed by atoms with Gasteiger partial charge in [-0.1, -0.05) is 35.0 Å². The van der Waals surface area contributed by atoms with Crippen LogP contribution >= 0.6 is 0 Å². The van der Waals surface area contributed by atoms with Gasteiger partial charge in [-0.15, -0.1) is 0 Å². The Bertz CT molecular complexity index is 923. The highest BCUT2D eigenvalue weighted by Gasteiger charge is 2.16. The SMILES string of the molecule is COc1cccc(O[C@H](C)C(=O)NCc2nc(-c3cccc(C)c3)no2)c1. The van der Waals surface area contributed by atoms with Crippen LogP contribution in [0.4, 0.5) is 0 Å². The van der Waals surface area contributed by atoms with Crippen LogP contribution in [0.5, 0.6) is 11.5 Å². The molecule has 7 nitrogen and oxygen atoms in total. The number of hydrogen-bond donors (Lipinski definition) is 1. The fourth-order valence-electron chi connectivity index (χ4n) is 2.47. The second-order valence-electron chi connectivity index (χ2n) is 6.04. The number of aryl methyl sites for hydroxylation is 1. The minimum atomic E-state index is -0.684. The smallest absolute Gasteiger partial charge is 0.261 e. The van der Waals surface area contributed by atoms with Crippen molar-refractivity contribution in [1.82, 2.24) is 15.5 Å². The van der Waals surface area contributed by atoms with Crippen LogP contribution < -0.4 is 14.8 Å². The lowest BCUT2D eigenvalue weighted by Gasteiger charge is -2.14. The number of amides is 1. The summed E-state index contributed by atoms with van der Waals surface area (Å²) in [5, 5.41) is 6.69. The summed E-state index contributed by atoms with van der Waals surface area (Å²) in [6, 6.07) is 14.9. The lowest BCUT2D eigenvalue weighted by atomic mass is 10.1. The van der Waals surface area contributed by atoms with Gasteiger partial charge in [-0.25, -0.2) is 0 Å². The minimum absolute atomic E-state index is 0.128. The summed E-state index contributed by atoms with van der Waals surface area (Å²) < 4.78 is 16.0. The maximum atomic E-state index is 12.2. The number of ether oxygens (including phenoxy) is 2. The number of nitrogens with one attached hydrogen (secondary N) is 1. The summed E-state index contributed by atoms with van der Waals surface area (Å²) in [6.45, 7) is 3.79. The van der Waals surface area contributed by atoms with Crippen LogP contribution in [0.1, 0.15) is 18.4 Å². The fraction of sp³-hybridized carbons (Fsp3) is 0.250. The number of rotatable bonds is 7. The van der Waals surface area contributed by atoms with Crippen LogP contribution in [-0.4, -0.2) is 29.3 Å². The van der Waals surface area contributed by atoms with Crippen molar-refractivity contribution in [3.8, 4) is 22.9 Å². The largest absolute Gasteiger partial charge is 0.497 e. The third kappa shape index (κ3) is 4.84. The predicted octanol–water partition coefficient (Wildman–Crippen LogP) is 3.14. The van der Waals surface area contributed by atoms with Gasteiger partial charge in [0.05, 0.1) is 13.7 Å². The molecule has 1 aromatic heterocycles. The van der Waals surface area contributed by atoms with E-state index in [4.69, 9.17) is 14.0 Å². The molecule has 0 aliphatic carbocycles. The van der Waals surface area contributed by atoms with Crippen molar-refractivity contribution in [1.29, 1.82) is 0 Å². The topological polar surface area (TPSA) is 86.5 Å². The van der Waals surface area contributed by atoms with E-state index in [0.29, 0.717) is 23.2 Å². The molecule has 0 unspecified atom stereocenters. The quantitative estimate of drug-likeness (QED) is 0.690.